The molecule has 0 bridgehead atoms. The van der Waals surface area contributed by atoms with E-state index >= 15 is 0 Å². The molecule has 0 saturated heterocycles. The SMILES string of the molecule is C[C@@H]1Cc2ccccc2N1C(=S)Nc1ccc(SC(F)F)cc1. The monoisotopic (exact) mass is 350 g/mol. The molecule has 0 spiro atoms. The third kappa shape index (κ3) is 3.64. The van der Waals surface area contributed by atoms with Crippen LogP contribution in [0.4, 0.5) is 20.2 Å². The summed E-state index contributed by atoms with van der Waals surface area (Å²) < 4.78 is 24.7. The van der Waals surface area contributed by atoms with Crippen molar-refractivity contribution in [2.75, 3.05) is 10.2 Å². The summed E-state index contributed by atoms with van der Waals surface area (Å²) in [4.78, 5) is 2.64. The molecule has 0 fully saturated rings. The molecule has 120 valence electrons. The van der Waals surface area contributed by atoms with Gasteiger partial charge in [0.05, 0.1) is 0 Å². The molecule has 1 aliphatic rings. The number of thioether (sulfide) groups is 1. The fraction of sp³-hybridized carbons (Fsp3) is 0.235. The van der Waals surface area contributed by atoms with Crippen LogP contribution in [0.1, 0.15) is 12.5 Å². The van der Waals surface area contributed by atoms with Gasteiger partial charge in [-0.05, 0) is 61.5 Å². The quantitative estimate of drug-likeness (QED) is 0.608. The van der Waals surface area contributed by atoms with Crippen molar-refractivity contribution in [2.45, 2.75) is 30.0 Å². The number of para-hydroxylation sites is 1. The van der Waals surface area contributed by atoms with Crippen molar-refractivity contribution in [1.82, 2.24) is 0 Å². The van der Waals surface area contributed by atoms with Crippen LogP contribution >= 0.6 is 24.0 Å². The summed E-state index contributed by atoms with van der Waals surface area (Å²) in [5.41, 5.74) is 3.21. The first-order valence-corrected chi connectivity index (χ1v) is 8.56. The van der Waals surface area contributed by atoms with E-state index in [1.54, 1.807) is 24.3 Å². The maximum Gasteiger partial charge on any atom is 0.288 e. The molecule has 2 aromatic rings. The minimum atomic E-state index is -2.41. The molecule has 2 nitrogen and oxygen atoms in total. The molecule has 1 heterocycles. The first kappa shape index (κ1) is 16.2. The van der Waals surface area contributed by atoms with Crippen LogP contribution in [0.5, 0.6) is 0 Å². The summed E-state index contributed by atoms with van der Waals surface area (Å²) in [7, 11) is 0. The van der Waals surface area contributed by atoms with Crippen LogP contribution < -0.4 is 10.2 Å². The van der Waals surface area contributed by atoms with Crippen LogP contribution in [-0.4, -0.2) is 16.9 Å². The van der Waals surface area contributed by atoms with Crippen LogP contribution in [0, 0.1) is 0 Å². The van der Waals surface area contributed by atoms with Crippen LogP contribution in [-0.2, 0) is 6.42 Å². The van der Waals surface area contributed by atoms with Gasteiger partial charge in [0.2, 0.25) is 0 Å². The number of rotatable bonds is 3. The second-order valence-electron chi connectivity index (χ2n) is 5.38. The maximum absolute atomic E-state index is 12.3. The van der Waals surface area contributed by atoms with Crippen molar-refractivity contribution in [2.24, 2.45) is 0 Å². The van der Waals surface area contributed by atoms with Gasteiger partial charge in [0.15, 0.2) is 5.11 Å². The van der Waals surface area contributed by atoms with E-state index in [2.05, 4.69) is 29.3 Å². The highest BCUT2D eigenvalue weighted by molar-refractivity contribution is 7.99. The Balaban J connectivity index is 1.72. The van der Waals surface area contributed by atoms with Crippen molar-refractivity contribution in [3.05, 3.63) is 54.1 Å². The van der Waals surface area contributed by atoms with Gasteiger partial charge in [-0.25, -0.2) is 0 Å². The predicted octanol–water partition coefficient (Wildman–Crippen LogP) is 5.15. The lowest BCUT2D eigenvalue weighted by molar-refractivity contribution is 0.252. The van der Waals surface area contributed by atoms with Gasteiger partial charge in [-0.2, -0.15) is 8.78 Å². The third-order valence-electron chi connectivity index (χ3n) is 3.76. The molecule has 0 saturated carbocycles. The molecular weight excluding hydrogens is 334 g/mol. The number of nitrogens with one attached hydrogen (secondary N) is 1. The Hall–Kier alpha value is -1.66. The highest BCUT2D eigenvalue weighted by Crippen LogP contribution is 2.32. The van der Waals surface area contributed by atoms with Crippen molar-refractivity contribution < 1.29 is 8.78 Å². The smallest absolute Gasteiger partial charge is 0.288 e. The lowest BCUT2D eigenvalue weighted by Gasteiger charge is -2.26. The lowest BCUT2D eigenvalue weighted by atomic mass is 10.1. The number of nitrogens with zero attached hydrogens (tertiary/aromatic N) is 1. The normalized spacial score (nSPS) is 16.5. The van der Waals surface area contributed by atoms with Crippen LogP contribution in [0.25, 0.3) is 0 Å². The number of hydrogen-bond acceptors (Lipinski definition) is 2. The van der Waals surface area contributed by atoms with Crippen LogP contribution in [0.3, 0.4) is 0 Å². The second-order valence-corrected chi connectivity index (χ2v) is 6.84. The Bertz CT molecular complexity index is 704. The molecule has 1 N–H and O–H groups in total. The van der Waals surface area contributed by atoms with E-state index in [0.717, 1.165) is 17.8 Å². The molecule has 1 atom stereocenters. The maximum atomic E-state index is 12.3. The van der Waals surface area contributed by atoms with Gasteiger partial charge < -0.3 is 10.2 Å². The van der Waals surface area contributed by atoms with Gasteiger partial charge in [-0.15, -0.1) is 0 Å². The Morgan fingerprint density at radius 3 is 2.61 bits per heavy atom. The number of fused-ring (bicyclic) bond motifs is 1. The standard InChI is InChI=1S/C17H16F2N2S2/c1-11-10-12-4-2-3-5-15(12)21(11)17(22)20-13-6-8-14(9-7-13)23-16(18)19/h2-9,11,16H,10H2,1H3,(H,20,22)/t11-/m1/s1. The number of hydrogen-bond donors (Lipinski definition) is 1. The molecular formula is C17H16F2N2S2. The van der Waals surface area contributed by atoms with Gasteiger partial charge in [0.1, 0.15) is 0 Å². The largest absolute Gasteiger partial charge is 0.332 e. The van der Waals surface area contributed by atoms with Crippen LogP contribution in [0.15, 0.2) is 53.4 Å². The molecule has 0 unspecified atom stereocenters. The Labute approximate surface area is 143 Å². The van der Waals surface area contributed by atoms with E-state index in [1.807, 2.05) is 12.1 Å². The van der Waals surface area contributed by atoms with Gasteiger partial charge in [0.25, 0.3) is 5.76 Å². The summed E-state index contributed by atoms with van der Waals surface area (Å²) in [5, 5.41) is 3.82. The zero-order valence-electron chi connectivity index (χ0n) is 12.5. The number of anilines is 2. The molecule has 0 aliphatic carbocycles. The zero-order valence-corrected chi connectivity index (χ0v) is 14.1. The van der Waals surface area contributed by atoms with Gasteiger partial charge in [-0.3, -0.25) is 0 Å². The first-order valence-electron chi connectivity index (χ1n) is 7.27. The molecule has 0 radical (unpaired) electrons. The minimum Gasteiger partial charge on any atom is -0.332 e. The second kappa shape index (κ2) is 6.84. The molecule has 0 amide bonds. The number of halogens is 2. The fourth-order valence-electron chi connectivity index (χ4n) is 2.78. The van der Waals surface area contributed by atoms with Crippen molar-refractivity contribution >= 4 is 40.5 Å². The van der Waals surface area contributed by atoms with E-state index in [4.69, 9.17) is 12.2 Å². The molecule has 3 rings (SSSR count). The topological polar surface area (TPSA) is 15.3 Å². The van der Waals surface area contributed by atoms with E-state index < -0.39 is 5.76 Å². The highest BCUT2D eigenvalue weighted by Gasteiger charge is 2.28. The molecule has 6 heteroatoms. The number of benzene rings is 2. The summed E-state index contributed by atoms with van der Waals surface area (Å²) in [6.07, 6.45) is 0.960. The molecule has 2 aromatic carbocycles. The number of alkyl halides is 2. The summed E-state index contributed by atoms with van der Waals surface area (Å²) in [6.45, 7) is 2.14. The van der Waals surface area contributed by atoms with Gasteiger partial charge >= 0.3 is 0 Å². The van der Waals surface area contributed by atoms with Crippen molar-refractivity contribution in [1.29, 1.82) is 0 Å². The summed E-state index contributed by atoms with van der Waals surface area (Å²) >= 11 is 6.08. The fourth-order valence-corrected chi connectivity index (χ4v) is 3.67. The van der Waals surface area contributed by atoms with E-state index in [1.165, 1.54) is 5.56 Å². The number of thiocarbonyl (C=S) groups is 1. The minimum absolute atomic E-state index is 0.293. The molecule has 0 aromatic heterocycles. The van der Waals surface area contributed by atoms with Crippen molar-refractivity contribution in [3.8, 4) is 0 Å². The van der Waals surface area contributed by atoms with E-state index in [0.29, 0.717) is 27.8 Å². The van der Waals surface area contributed by atoms with Crippen molar-refractivity contribution in [3.63, 3.8) is 0 Å². The summed E-state index contributed by atoms with van der Waals surface area (Å²) in [5.74, 6) is -2.41. The highest BCUT2D eigenvalue weighted by atomic mass is 32.2. The van der Waals surface area contributed by atoms with Gasteiger partial charge in [-0.1, -0.05) is 30.0 Å². The van der Waals surface area contributed by atoms with Crippen LogP contribution in [0.2, 0.25) is 0 Å². The molecule has 1 aliphatic heterocycles. The predicted molar refractivity (Wildman–Crippen MR) is 96.6 cm³/mol. The van der Waals surface area contributed by atoms with E-state index in [-0.39, 0.29) is 0 Å². The Kier molecular flexibility index (Phi) is 4.82. The summed E-state index contributed by atoms with van der Waals surface area (Å²) in [6, 6.07) is 15.4. The first-order chi connectivity index (χ1) is 11.0. The van der Waals surface area contributed by atoms with E-state index in [9.17, 15) is 8.78 Å². The Morgan fingerprint density at radius 1 is 1.22 bits per heavy atom. The lowest BCUT2D eigenvalue weighted by Crippen LogP contribution is -2.38. The average molecular weight is 350 g/mol. The average Bonchev–Trinajstić information content (AvgIpc) is 2.84. The third-order valence-corrected chi connectivity index (χ3v) is 4.78. The van der Waals surface area contributed by atoms with Gasteiger partial charge in [0, 0.05) is 22.3 Å². The zero-order chi connectivity index (χ0) is 16.4. The molecule has 23 heavy (non-hydrogen) atoms. The Morgan fingerprint density at radius 2 is 1.91 bits per heavy atom.